The van der Waals surface area contributed by atoms with Crippen molar-refractivity contribution >= 4 is 46.2 Å². The fraction of sp³-hybridized carbons (Fsp3) is 0.385. The maximum atomic E-state index is 5.96. The van der Waals surface area contributed by atoms with E-state index in [0.29, 0.717) is 21.8 Å². The van der Waals surface area contributed by atoms with E-state index in [1.165, 1.54) is 0 Å². The summed E-state index contributed by atoms with van der Waals surface area (Å²) in [6.07, 6.45) is 0. The molecule has 0 aliphatic carbocycles. The molecule has 1 rings (SSSR count). The molecule has 2 N–H and O–H groups in total. The fourth-order valence-electron chi connectivity index (χ4n) is 1.47. The van der Waals surface area contributed by atoms with Gasteiger partial charge in [0.2, 0.25) is 0 Å². The Hall–Kier alpha value is -0.880. The summed E-state index contributed by atoms with van der Waals surface area (Å²) >= 11 is 17.0. The number of hydrogen-bond acceptors (Lipinski definition) is 3. The molecule has 0 aliphatic rings. The van der Waals surface area contributed by atoms with Crippen LogP contribution in [0.1, 0.15) is 19.4 Å². The van der Waals surface area contributed by atoms with Gasteiger partial charge in [0.1, 0.15) is 0 Å². The number of rotatable bonds is 5. The number of methoxy groups -OCH3 is 1. The highest BCUT2D eigenvalue weighted by molar-refractivity contribution is 7.80. The zero-order valence-corrected chi connectivity index (χ0v) is 13.9. The second-order valence-electron chi connectivity index (χ2n) is 4.27. The Kier molecular flexibility index (Phi) is 7.23. The van der Waals surface area contributed by atoms with Crippen LogP contribution in [0.4, 0.5) is 0 Å². The predicted molar refractivity (Wildman–Crippen MR) is 88.9 cm³/mol. The van der Waals surface area contributed by atoms with Crippen LogP contribution in [0.5, 0.6) is 0 Å². The minimum absolute atomic E-state index is 0.112. The van der Waals surface area contributed by atoms with Gasteiger partial charge in [-0.05, 0) is 43.8 Å². The number of nitrogens with zero attached hydrogens (tertiary/aromatic N) is 1. The van der Waals surface area contributed by atoms with Crippen LogP contribution >= 0.6 is 35.4 Å². The summed E-state index contributed by atoms with van der Waals surface area (Å²) in [6.45, 7) is 4.39. The smallest absolute Gasteiger partial charge is 0.187 e. The van der Waals surface area contributed by atoms with Gasteiger partial charge in [0.05, 0.1) is 22.4 Å². The van der Waals surface area contributed by atoms with Crippen molar-refractivity contribution < 1.29 is 4.74 Å². The molecule has 0 heterocycles. The van der Waals surface area contributed by atoms with Gasteiger partial charge in [-0.3, -0.25) is 5.43 Å². The van der Waals surface area contributed by atoms with Crippen LogP contribution in [0, 0.1) is 0 Å². The molecule has 0 spiro atoms. The average Bonchev–Trinajstić information content (AvgIpc) is 2.39. The Labute approximate surface area is 134 Å². The molecule has 1 atom stereocenters. The molecular weight excluding hydrogens is 317 g/mol. The lowest BCUT2D eigenvalue weighted by atomic mass is 10.1. The molecule has 1 aromatic carbocycles. The quantitative estimate of drug-likeness (QED) is 0.493. The summed E-state index contributed by atoms with van der Waals surface area (Å²) in [6, 6.07) is 5.45. The van der Waals surface area contributed by atoms with E-state index in [1.807, 2.05) is 19.9 Å². The van der Waals surface area contributed by atoms with Gasteiger partial charge in [0.15, 0.2) is 5.11 Å². The van der Waals surface area contributed by atoms with Crippen LogP contribution in [0.25, 0.3) is 0 Å². The van der Waals surface area contributed by atoms with Crippen LogP contribution < -0.4 is 10.7 Å². The SMILES string of the molecule is COC[C@@H](C)NC(=S)N/N=C(/C)c1ccc(Cl)c(Cl)c1. The molecular formula is C13H17Cl2N3OS. The summed E-state index contributed by atoms with van der Waals surface area (Å²) in [5.74, 6) is 0. The lowest BCUT2D eigenvalue weighted by molar-refractivity contribution is 0.179. The molecule has 0 aromatic heterocycles. The molecule has 0 saturated heterocycles. The Balaban J connectivity index is 2.60. The van der Waals surface area contributed by atoms with Crippen molar-refractivity contribution in [3.63, 3.8) is 0 Å². The molecule has 0 unspecified atom stereocenters. The van der Waals surface area contributed by atoms with E-state index in [9.17, 15) is 0 Å². The summed E-state index contributed by atoms with van der Waals surface area (Å²) in [5.41, 5.74) is 4.41. The van der Waals surface area contributed by atoms with Gasteiger partial charge in [-0.1, -0.05) is 29.3 Å². The third kappa shape index (κ3) is 5.63. The minimum Gasteiger partial charge on any atom is -0.383 e. The molecule has 7 heteroatoms. The Bertz CT molecular complexity index is 508. The lowest BCUT2D eigenvalue weighted by Crippen LogP contribution is -2.40. The van der Waals surface area contributed by atoms with Crippen LogP contribution in [0.15, 0.2) is 23.3 Å². The van der Waals surface area contributed by atoms with Crippen LogP contribution in [0.2, 0.25) is 10.0 Å². The van der Waals surface area contributed by atoms with E-state index in [0.717, 1.165) is 11.3 Å². The first-order valence-electron chi connectivity index (χ1n) is 5.99. The second kappa shape index (κ2) is 8.42. The van der Waals surface area contributed by atoms with Crippen molar-refractivity contribution in [3.05, 3.63) is 33.8 Å². The highest BCUT2D eigenvalue weighted by Gasteiger charge is 2.04. The maximum absolute atomic E-state index is 5.96. The predicted octanol–water partition coefficient (Wildman–Crippen LogP) is 3.22. The Morgan fingerprint density at radius 3 is 2.70 bits per heavy atom. The van der Waals surface area contributed by atoms with Crippen molar-refractivity contribution in [1.29, 1.82) is 0 Å². The zero-order chi connectivity index (χ0) is 15.1. The molecule has 0 aliphatic heterocycles. The van der Waals surface area contributed by atoms with Crippen molar-refractivity contribution in [2.45, 2.75) is 19.9 Å². The number of thiocarbonyl (C=S) groups is 1. The summed E-state index contributed by atoms with van der Waals surface area (Å²) in [5, 5.41) is 8.70. The number of nitrogens with one attached hydrogen (secondary N) is 2. The first-order chi connectivity index (χ1) is 9.43. The molecule has 0 bridgehead atoms. The van der Waals surface area contributed by atoms with Crippen molar-refractivity contribution in [1.82, 2.24) is 10.7 Å². The Morgan fingerprint density at radius 1 is 1.40 bits per heavy atom. The highest BCUT2D eigenvalue weighted by Crippen LogP contribution is 2.22. The standard InChI is InChI=1S/C13H17Cl2N3OS/c1-8(7-19-3)16-13(20)18-17-9(2)10-4-5-11(14)12(15)6-10/h4-6,8H,7H2,1-3H3,(H2,16,18,20)/b17-9-/t8-/m1/s1. The van der Waals surface area contributed by atoms with Crippen molar-refractivity contribution in [3.8, 4) is 0 Å². The van der Waals surface area contributed by atoms with Crippen LogP contribution in [-0.2, 0) is 4.74 Å². The molecule has 4 nitrogen and oxygen atoms in total. The molecule has 0 radical (unpaired) electrons. The normalized spacial score (nSPS) is 12.9. The van der Waals surface area contributed by atoms with E-state index in [1.54, 1.807) is 19.2 Å². The monoisotopic (exact) mass is 333 g/mol. The number of hydrogen-bond donors (Lipinski definition) is 2. The zero-order valence-electron chi connectivity index (χ0n) is 11.5. The number of hydrazone groups is 1. The Morgan fingerprint density at radius 2 is 2.10 bits per heavy atom. The van der Waals surface area contributed by atoms with Crippen molar-refractivity contribution in [2.75, 3.05) is 13.7 Å². The van der Waals surface area contributed by atoms with Gasteiger partial charge in [0.25, 0.3) is 0 Å². The van der Waals surface area contributed by atoms with Gasteiger partial charge in [0, 0.05) is 13.2 Å². The lowest BCUT2D eigenvalue weighted by Gasteiger charge is -2.14. The van der Waals surface area contributed by atoms with Gasteiger partial charge >= 0.3 is 0 Å². The van der Waals surface area contributed by atoms with E-state index in [2.05, 4.69) is 15.8 Å². The average molecular weight is 334 g/mol. The van der Waals surface area contributed by atoms with Crippen LogP contribution in [0.3, 0.4) is 0 Å². The summed E-state index contributed by atoms with van der Waals surface area (Å²) in [7, 11) is 1.64. The van der Waals surface area contributed by atoms with Gasteiger partial charge in [-0.2, -0.15) is 5.10 Å². The fourth-order valence-corrected chi connectivity index (χ4v) is 2.01. The van der Waals surface area contributed by atoms with Gasteiger partial charge in [-0.25, -0.2) is 0 Å². The van der Waals surface area contributed by atoms with Gasteiger partial charge < -0.3 is 10.1 Å². The summed E-state index contributed by atoms with van der Waals surface area (Å²) < 4.78 is 5.01. The minimum atomic E-state index is 0.112. The highest BCUT2D eigenvalue weighted by atomic mass is 35.5. The van der Waals surface area contributed by atoms with E-state index in [4.69, 9.17) is 40.2 Å². The van der Waals surface area contributed by atoms with E-state index < -0.39 is 0 Å². The number of halogens is 2. The molecule has 0 amide bonds. The van der Waals surface area contributed by atoms with E-state index >= 15 is 0 Å². The van der Waals surface area contributed by atoms with Crippen LogP contribution in [-0.4, -0.2) is 30.6 Å². The summed E-state index contributed by atoms with van der Waals surface area (Å²) in [4.78, 5) is 0. The first-order valence-corrected chi connectivity index (χ1v) is 7.15. The number of benzene rings is 1. The second-order valence-corrected chi connectivity index (χ2v) is 5.49. The first kappa shape index (κ1) is 17.2. The van der Waals surface area contributed by atoms with E-state index in [-0.39, 0.29) is 6.04 Å². The molecule has 1 aromatic rings. The molecule has 0 fully saturated rings. The third-order valence-electron chi connectivity index (χ3n) is 2.46. The largest absolute Gasteiger partial charge is 0.383 e. The molecule has 110 valence electrons. The molecule has 0 saturated carbocycles. The van der Waals surface area contributed by atoms with Gasteiger partial charge in [-0.15, -0.1) is 0 Å². The number of ether oxygens (including phenoxy) is 1. The van der Waals surface area contributed by atoms with Crippen molar-refractivity contribution in [2.24, 2.45) is 5.10 Å². The topological polar surface area (TPSA) is 45.6 Å². The third-order valence-corrected chi connectivity index (χ3v) is 3.40. The molecule has 20 heavy (non-hydrogen) atoms. The maximum Gasteiger partial charge on any atom is 0.187 e.